The third kappa shape index (κ3) is 3.11. The van der Waals surface area contributed by atoms with Gasteiger partial charge in [-0.15, -0.1) is 0 Å². The molecule has 0 amide bonds. The molecule has 2 heterocycles. The fourth-order valence-corrected chi connectivity index (χ4v) is 3.43. The van der Waals surface area contributed by atoms with Crippen LogP contribution in [0.15, 0.2) is 36.7 Å². The summed E-state index contributed by atoms with van der Waals surface area (Å²) in [4.78, 5) is 14.4. The third-order valence-corrected chi connectivity index (χ3v) is 4.73. The molecule has 1 atom stereocenters. The molecule has 4 nitrogen and oxygen atoms in total. The number of fused-ring (bicyclic) bond motifs is 3. The molecule has 5 heteroatoms. The minimum Gasteiger partial charge on any atom is -0.358 e. The van der Waals surface area contributed by atoms with Crippen LogP contribution in [0.4, 0.5) is 5.95 Å². The molecule has 1 unspecified atom stereocenters. The largest absolute Gasteiger partial charge is 0.358 e. The molecule has 0 bridgehead atoms. The van der Waals surface area contributed by atoms with Gasteiger partial charge in [-0.1, -0.05) is 43.6 Å². The molecule has 4 rings (SSSR count). The molecule has 3 aromatic rings. The number of nitrogens with one attached hydrogen (secondary N) is 1. The first kappa shape index (κ1) is 16.8. The zero-order valence-electron chi connectivity index (χ0n) is 14.4. The van der Waals surface area contributed by atoms with Gasteiger partial charge in [0.05, 0.1) is 17.4 Å². The number of hydrogen-bond donors (Lipinski definition) is 1. The minimum absolute atomic E-state index is 0.410. The van der Waals surface area contributed by atoms with Crippen molar-refractivity contribution < 1.29 is 0 Å². The van der Waals surface area contributed by atoms with Gasteiger partial charge in [-0.3, -0.25) is 0 Å². The van der Waals surface area contributed by atoms with Gasteiger partial charge in [0.25, 0.3) is 0 Å². The quantitative estimate of drug-likeness (QED) is 0.738. The van der Waals surface area contributed by atoms with E-state index in [1.807, 2.05) is 13.8 Å². The summed E-state index contributed by atoms with van der Waals surface area (Å²) in [7, 11) is 2.06. The van der Waals surface area contributed by atoms with E-state index in [0.29, 0.717) is 11.1 Å². The van der Waals surface area contributed by atoms with E-state index in [1.165, 1.54) is 22.2 Å². The first-order valence-electron chi connectivity index (χ1n) is 8.51. The lowest BCUT2D eigenvalue weighted by Gasteiger charge is -2.31. The van der Waals surface area contributed by atoms with Crippen LogP contribution in [0, 0.1) is 0 Å². The molecule has 0 fully saturated rings. The van der Waals surface area contributed by atoms with Crippen LogP contribution >= 0.6 is 11.6 Å². The minimum atomic E-state index is 0.410. The lowest BCUT2D eigenvalue weighted by molar-refractivity contribution is 0.538. The Morgan fingerprint density at radius 1 is 1.17 bits per heavy atom. The molecule has 24 heavy (non-hydrogen) atoms. The summed E-state index contributed by atoms with van der Waals surface area (Å²) in [5.74, 6) is 0.734. The fourth-order valence-electron chi connectivity index (χ4n) is 3.33. The smallest absolute Gasteiger partial charge is 0.225 e. The number of aryl methyl sites for hydroxylation is 1. The highest BCUT2D eigenvalue weighted by molar-refractivity contribution is 6.30. The van der Waals surface area contributed by atoms with Crippen LogP contribution in [0.3, 0.4) is 0 Å². The zero-order valence-corrected chi connectivity index (χ0v) is 15.1. The van der Waals surface area contributed by atoms with E-state index in [4.69, 9.17) is 11.6 Å². The average Bonchev–Trinajstić information content (AvgIpc) is 3.01. The molecule has 0 radical (unpaired) electrons. The molecule has 126 valence electrons. The second kappa shape index (κ2) is 7.22. The van der Waals surface area contributed by atoms with E-state index in [2.05, 4.69) is 51.2 Å². The van der Waals surface area contributed by atoms with Crippen molar-refractivity contribution in [3.63, 3.8) is 0 Å². The molecule has 2 aromatic heterocycles. The maximum atomic E-state index is 5.87. The first-order valence-corrected chi connectivity index (χ1v) is 8.89. The molecule has 0 saturated carbocycles. The van der Waals surface area contributed by atoms with Crippen LogP contribution in [0.2, 0.25) is 5.02 Å². The molecular formula is C19H23ClN4. The second-order valence-corrected chi connectivity index (χ2v) is 6.27. The van der Waals surface area contributed by atoms with Gasteiger partial charge in [-0.25, -0.2) is 9.97 Å². The molecule has 1 aliphatic carbocycles. The Kier molecular flexibility index (Phi) is 5.05. The monoisotopic (exact) mass is 342 g/mol. The van der Waals surface area contributed by atoms with Crippen LogP contribution < -0.4 is 4.90 Å². The van der Waals surface area contributed by atoms with Crippen molar-refractivity contribution in [1.82, 2.24) is 15.0 Å². The Balaban J connectivity index is 0.000000815. The lowest BCUT2D eigenvalue weighted by Crippen LogP contribution is -2.37. The van der Waals surface area contributed by atoms with Crippen LogP contribution in [0.5, 0.6) is 0 Å². The number of likely N-dealkylation sites (N-methyl/N-ethyl adjacent to an activating group) is 1. The van der Waals surface area contributed by atoms with Crippen LogP contribution in [0.1, 0.15) is 31.5 Å². The Labute approximate surface area is 147 Å². The third-order valence-electron chi connectivity index (χ3n) is 4.54. The standard InChI is InChI=1S/C17H17ClN4.C2H6/c1-22(17-19-9-11(18)10-20-17)12-6-7-16-14(8-12)13-4-2-3-5-15(13)21-16;1-2/h2-5,9-10,12,21H,6-8H2,1H3;1-2H3. The summed E-state index contributed by atoms with van der Waals surface area (Å²) < 4.78 is 0. The highest BCUT2D eigenvalue weighted by Gasteiger charge is 2.26. The number of para-hydroxylation sites is 1. The number of H-pyrrole nitrogens is 1. The van der Waals surface area contributed by atoms with Crippen molar-refractivity contribution in [2.45, 2.75) is 39.2 Å². The number of aromatic nitrogens is 3. The summed E-state index contributed by atoms with van der Waals surface area (Å²) in [6.45, 7) is 4.00. The molecule has 0 aliphatic heterocycles. The second-order valence-electron chi connectivity index (χ2n) is 5.84. The Hall–Kier alpha value is -2.07. The van der Waals surface area contributed by atoms with Crippen LogP contribution in [-0.4, -0.2) is 28.0 Å². The predicted molar refractivity (Wildman–Crippen MR) is 101 cm³/mol. The summed E-state index contributed by atoms with van der Waals surface area (Å²) >= 11 is 5.87. The Bertz CT molecular complexity index is 810. The molecule has 1 aromatic carbocycles. The van der Waals surface area contributed by atoms with Crippen molar-refractivity contribution in [1.29, 1.82) is 0 Å². The van der Waals surface area contributed by atoms with Crippen LogP contribution in [0.25, 0.3) is 10.9 Å². The fraction of sp³-hybridized carbons (Fsp3) is 0.368. The van der Waals surface area contributed by atoms with E-state index < -0.39 is 0 Å². The van der Waals surface area contributed by atoms with Gasteiger partial charge >= 0.3 is 0 Å². The van der Waals surface area contributed by atoms with Gasteiger partial charge in [0.2, 0.25) is 5.95 Å². The number of aromatic amines is 1. The SMILES string of the molecule is CC.CN(c1ncc(Cl)cn1)C1CCc2[nH]c3ccccc3c2C1. The summed E-state index contributed by atoms with van der Waals surface area (Å²) in [5.41, 5.74) is 4.05. The average molecular weight is 343 g/mol. The predicted octanol–water partition coefficient (Wildman–Crippen LogP) is 4.63. The zero-order chi connectivity index (χ0) is 17.1. The highest BCUT2D eigenvalue weighted by Crippen LogP contribution is 2.31. The molecule has 1 N–H and O–H groups in total. The molecule has 1 aliphatic rings. The number of rotatable bonds is 2. The molecule has 0 spiro atoms. The van der Waals surface area contributed by atoms with E-state index in [0.717, 1.165) is 25.2 Å². The van der Waals surface area contributed by atoms with E-state index in [1.54, 1.807) is 12.4 Å². The van der Waals surface area contributed by atoms with E-state index in [9.17, 15) is 0 Å². The maximum absolute atomic E-state index is 5.87. The van der Waals surface area contributed by atoms with Gasteiger partial charge in [-0.2, -0.15) is 0 Å². The maximum Gasteiger partial charge on any atom is 0.225 e. The number of halogens is 1. The van der Waals surface area contributed by atoms with Crippen molar-refractivity contribution in [3.8, 4) is 0 Å². The molecular weight excluding hydrogens is 320 g/mol. The van der Waals surface area contributed by atoms with Gasteiger partial charge in [0.15, 0.2) is 0 Å². The summed E-state index contributed by atoms with van der Waals surface area (Å²) in [5, 5.41) is 1.91. The van der Waals surface area contributed by atoms with Crippen molar-refractivity contribution >= 4 is 28.5 Å². The van der Waals surface area contributed by atoms with Crippen molar-refractivity contribution in [2.24, 2.45) is 0 Å². The van der Waals surface area contributed by atoms with Gasteiger partial charge in [0, 0.05) is 29.7 Å². The Morgan fingerprint density at radius 2 is 1.88 bits per heavy atom. The number of nitrogens with zero attached hydrogens (tertiary/aromatic N) is 3. The first-order chi connectivity index (χ1) is 11.7. The molecule has 0 saturated heterocycles. The van der Waals surface area contributed by atoms with Gasteiger partial charge < -0.3 is 9.88 Å². The number of anilines is 1. The van der Waals surface area contributed by atoms with Gasteiger partial charge in [0.1, 0.15) is 0 Å². The van der Waals surface area contributed by atoms with Crippen LogP contribution in [-0.2, 0) is 12.8 Å². The number of benzene rings is 1. The summed E-state index contributed by atoms with van der Waals surface area (Å²) in [6, 6.07) is 8.94. The number of hydrogen-bond acceptors (Lipinski definition) is 3. The summed E-state index contributed by atoms with van der Waals surface area (Å²) in [6.07, 6.45) is 6.48. The Morgan fingerprint density at radius 3 is 2.62 bits per heavy atom. The highest BCUT2D eigenvalue weighted by atomic mass is 35.5. The van der Waals surface area contributed by atoms with Crippen molar-refractivity contribution in [2.75, 3.05) is 11.9 Å². The topological polar surface area (TPSA) is 44.8 Å². The normalized spacial score (nSPS) is 16.2. The van der Waals surface area contributed by atoms with E-state index in [-0.39, 0.29) is 0 Å². The lowest BCUT2D eigenvalue weighted by atomic mass is 9.91. The van der Waals surface area contributed by atoms with E-state index >= 15 is 0 Å². The van der Waals surface area contributed by atoms with Gasteiger partial charge in [-0.05, 0) is 30.9 Å². The van der Waals surface area contributed by atoms with Crippen molar-refractivity contribution in [3.05, 3.63) is 52.9 Å².